The highest BCUT2D eigenvalue weighted by atomic mass is 32.2. The first-order chi connectivity index (χ1) is 14.8. The first-order valence-electron chi connectivity index (χ1n) is 11.2. The van der Waals surface area contributed by atoms with Crippen molar-refractivity contribution < 1.29 is 22.1 Å². The summed E-state index contributed by atoms with van der Waals surface area (Å²) in [7, 11) is -4.21. The van der Waals surface area contributed by atoms with Crippen molar-refractivity contribution in [1.82, 2.24) is 0 Å². The molecule has 5 nitrogen and oxygen atoms in total. The summed E-state index contributed by atoms with van der Waals surface area (Å²) >= 11 is 0. The molecule has 0 saturated carbocycles. The van der Waals surface area contributed by atoms with Gasteiger partial charge in [-0.3, -0.25) is 4.79 Å². The van der Waals surface area contributed by atoms with Gasteiger partial charge < -0.3 is 8.92 Å². The number of benzene rings is 2. The third-order valence-electron chi connectivity index (χ3n) is 5.36. The molecule has 2 rings (SSSR count). The summed E-state index contributed by atoms with van der Waals surface area (Å²) in [5, 5.41) is 0. The Bertz CT molecular complexity index is 997. The average molecular weight is 461 g/mol. The van der Waals surface area contributed by atoms with E-state index in [9.17, 15) is 13.2 Å². The monoisotopic (exact) mass is 460 g/mol. The first-order valence-corrected chi connectivity index (χ1v) is 12.8. The van der Waals surface area contributed by atoms with Crippen molar-refractivity contribution in [2.24, 2.45) is 0 Å². The average Bonchev–Trinajstić information content (AvgIpc) is 2.66. The van der Waals surface area contributed by atoms with Gasteiger partial charge in [0.25, 0.3) is 0 Å². The molecule has 2 aromatic rings. The molecule has 0 atom stereocenters. The fraction of sp³-hybridized carbons (Fsp3) is 0.500. The van der Waals surface area contributed by atoms with E-state index in [0.717, 1.165) is 22.3 Å². The van der Waals surface area contributed by atoms with E-state index in [-0.39, 0.29) is 23.7 Å². The van der Waals surface area contributed by atoms with Crippen LogP contribution in [0.5, 0.6) is 11.5 Å². The molecule has 0 unspecified atom stereocenters. The maximum atomic E-state index is 12.9. The summed E-state index contributed by atoms with van der Waals surface area (Å²) in [5.41, 5.74) is 3.33. The van der Waals surface area contributed by atoms with E-state index in [2.05, 4.69) is 0 Å². The van der Waals surface area contributed by atoms with Crippen molar-refractivity contribution in [3.63, 3.8) is 0 Å². The fourth-order valence-corrected chi connectivity index (χ4v) is 4.48. The topological polar surface area (TPSA) is 69.7 Å². The molecule has 0 radical (unpaired) electrons. The molecule has 0 fully saturated rings. The van der Waals surface area contributed by atoms with Crippen LogP contribution < -0.4 is 8.92 Å². The second kappa shape index (κ2) is 10.5. The molecule has 0 N–H and O–H groups in total. The number of hydrogen-bond donors (Lipinski definition) is 0. The molecule has 32 heavy (non-hydrogen) atoms. The molecule has 2 aromatic carbocycles. The van der Waals surface area contributed by atoms with Gasteiger partial charge in [0.15, 0.2) is 5.75 Å². The van der Waals surface area contributed by atoms with E-state index in [1.807, 2.05) is 91.8 Å². The minimum absolute atomic E-state index is 0.0670. The highest BCUT2D eigenvalue weighted by Crippen LogP contribution is 2.36. The lowest BCUT2D eigenvalue weighted by Crippen LogP contribution is -2.26. The lowest BCUT2D eigenvalue weighted by molar-refractivity contribution is -0.131. The highest BCUT2D eigenvalue weighted by molar-refractivity contribution is 7.87. The SMILES string of the molecule is CC(C)c1cccc(C(C)C)c1OC(=O)CS(=O)(=O)Oc1c(C(C)C)cccc1C(C)C. The van der Waals surface area contributed by atoms with Gasteiger partial charge in [-0.25, -0.2) is 0 Å². The molecule has 0 amide bonds. The van der Waals surface area contributed by atoms with Crippen LogP contribution in [-0.2, 0) is 14.9 Å². The van der Waals surface area contributed by atoms with Gasteiger partial charge in [0, 0.05) is 0 Å². The van der Waals surface area contributed by atoms with Crippen LogP contribution >= 0.6 is 0 Å². The van der Waals surface area contributed by atoms with E-state index < -0.39 is 21.8 Å². The van der Waals surface area contributed by atoms with E-state index in [1.54, 1.807) is 0 Å². The fourth-order valence-electron chi connectivity index (χ4n) is 3.62. The predicted molar refractivity (Wildman–Crippen MR) is 129 cm³/mol. The second-order valence-electron chi connectivity index (χ2n) is 9.41. The van der Waals surface area contributed by atoms with Crippen molar-refractivity contribution in [3.05, 3.63) is 58.7 Å². The number of para-hydroxylation sites is 2. The van der Waals surface area contributed by atoms with Gasteiger partial charge in [0.2, 0.25) is 0 Å². The molecule has 176 valence electrons. The maximum absolute atomic E-state index is 12.9. The molecular weight excluding hydrogens is 424 g/mol. The Morgan fingerprint density at radius 3 is 1.38 bits per heavy atom. The highest BCUT2D eigenvalue weighted by Gasteiger charge is 2.26. The van der Waals surface area contributed by atoms with E-state index in [1.165, 1.54) is 0 Å². The van der Waals surface area contributed by atoms with Crippen LogP contribution in [0.15, 0.2) is 36.4 Å². The molecular formula is C26H36O5S. The zero-order chi connectivity index (χ0) is 24.2. The van der Waals surface area contributed by atoms with Gasteiger partial charge >= 0.3 is 16.1 Å². The zero-order valence-corrected chi connectivity index (χ0v) is 21.2. The summed E-state index contributed by atoms with van der Waals surface area (Å²) < 4.78 is 36.9. The van der Waals surface area contributed by atoms with Gasteiger partial charge in [-0.15, -0.1) is 0 Å². The van der Waals surface area contributed by atoms with Crippen molar-refractivity contribution in [3.8, 4) is 11.5 Å². The van der Waals surface area contributed by atoms with Crippen LogP contribution in [0.1, 0.15) is 101 Å². The molecule has 0 aliphatic heterocycles. The minimum atomic E-state index is -4.21. The summed E-state index contributed by atoms with van der Waals surface area (Å²) in [4.78, 5) is 12.7. The van der Waals surface area contributed by atoms with Gasteiger partial charge in [0.1, 0.15) is 11.5 Å². The number of ether oxygens (including phenoxy) is 1. The summed E-state index contributed by atoms with van der Waals surface area (Å²) in [5.74, 6) is -0.575. The number of rotatable bonds is 9. The minimum Gasteiger partial charge on any atom is -0.425 e. The Balaban J connectivity index is 2.33. The lowest BCUT2D eigenvalue weighted by atomic mass is 9.94. The van der Waals surface area contributed by atoms with Crippen molar-refractivity contribution in [2.75, 3.05) is 5.75 Å². The van der Waals surface area contributed by atoms with Gasteiger partial charge in [0.05, 0.1) is 0 Å². The summed E-state index contributed by atoms with van der Waals surface area (Å²) in [6, 6.07) is 11.3. The second-order valence-corrected chi connectivity index (χ2v) is 11.0. The number of carbonyl (C=O) groups excluding carboxylic acids is 1. The molecule has 0 aliphatic carbocycles. The Labute approximate surface area is 193 Å². The molecule has 0 aliphatic rings. The molecule has 0 heterocycles. The predicted octanol–water partition coefficient (Wildman–Crippen LogP) is 6.49. The Kier molecular flexibility index (Phi) is 8.52. The third-order valence-corrected chi connectivity index (χ3v) is 6.37. The van der Waals surface area contributed by atoms with Crippen molar-refractivity contribution in [2.45, 2.75) is 79.1 Å². The van der Waals surface area contributed by atoms with Gasteiger partial charge in [-0.2, -0.15) is 8.42 Å². The quantitative estimate of drug-likeness (QED) is 0.243. The lowest BCUT2D eigenvalue weighted by Gasteiger charge is -2.20. The zero-order valence-electron chi connectivity index (χ0n) is 20.4. The molecule has 0 aromatic heterocycles. The molecule has 0 spiro atoms. The Morgan fingerprint density at radius 2 is 1.03 bits per heavy atom. The smallest absolute Gasteiger partial charge is 0.330 e. The molecule has 0 bridgehead atoms. The van der Waals surface area contributed by atoms with E-state index in [0.29, 0.717) is 11.5 Å². The normalized spacial score (nSPS) is 12.1. The van der Waals surface area contributed by atoms with Crippen LogP contribution in [0, 0.1) is 0 Å². The summed E-state index contributed by atoms with van der Waals surface area (Å²) in [6.45, 7) is 15.9. The number of esters is 1. The van der Waals surface area contributed by atoms with Crippen molar-refractivity contribution >= 4 is 16.1 Å². The van der Waals surface area contributed by atoms with Crippen LogP contribution in [0.2, 0.25) is 0 Å². The van der Waals surface area contributed by atoms with E-state index in [4.69, 9.17) is 8.92 Å². The van der Waals surface area contributed by atoms with Gasteiger partial charge in [-0.1, -0.05) is 91.8 Å². The summed E-state index contributed by atoms with van der Waals surface area (Å²) in [6.07, 6.45) is 0. The van der Waals surface area contributed by atoms with Crippen LogP contribution in [-0.4, -0.2) is 20.1 Å². The maximum Gasteiger partial charge on any atom is 0.330 e. The van der Waals surface area contributed by atoms with Gasteiger partial charge in [-0.05, 0) is 45.9 Å². The van der Waals surface area contributed by atoms with Crippen LogP contribution in [0.25, 0.3) is 0 Å². The van der Waals surface area contributed by atoms with Crippen LogP contribution in [0.4, 0.5) is 0 Å². The van der Waals surface area contributed by atoms with Crippen LogP contribution in [0.3, 0.4) is 0 Å². The van der Waals surface area contributed by atoms with E-state index >= 15 is 0 Å². The first kappa shape index (κ1) is 25.9. The molecule has 0 saturated heterocycles. The third kappa shape index (κ3) is 6.35. The van der Waals surface area contributed by atoms with Crippen molar-refractivity contribution in [1.29, 1.82) is 0 Å². The molecule has 6 heteroatoms. The Morgan fingerprint density at radius 1 is 0.688 bits per heavy atom. The largest absolute Gasteiger partial charge is 0.425 e. The standard InChI is InChI=1S/C26H36O5S/c1-16(2)20-11-9-12-21(17(3)4)25(20)30-24(27)15-32(28,29)31-26-22(18(5)6)13-10-14-23(26)19(7)8/h9-14,16-19H,15H2,1-8H3. The number of hydrogen-bond acceptors (Lipinski definition) is 5. The number of carbonyl (C=O) groups is 1. The Hall–Kier alpha value is -2.34.